The molecule has 3 atom stereocenters. The van der Waals surface area contributed by atoms with Crippen molar-refractivity contribution >= 4 is 19.7 Å². The van der Waals surface area contributed by atoms with E-state index in [1.165, 1.54) is 122 Å². The van der Waals surface area contributed by atoms with Gasteiger partial charge in [-0.05, 0) is 70.3 Å². The number of nitrogens with one attached hydrogen (secondary N) is 1. The topological polar surface area (TPSA) is 114 Å². The predicted molar refractivity (Wildman–Crippen MR) is 275 cm³/mol. The Kier molecular flexibility index (Phi) is 44.3. The molecule has 0 saturated heterocycles. The Hall–Kier alpha value is -2.03. The number of rotatable bonds is 48. The molecule has 65 heavy (non-hydrogen) atoms. The van der Waals surface area contributed by atoms with Crippen LogP contribution in [0.5, 0.6) is 0 Å². The molecule has 3 unspecified atom stereocenters. The predicted octanol–water partition coefficient (Wildman–Crippen LogP) is 15.1. The maximum atomic E-state index is 13.4. The highest BCUT2D eigenvalue weighted by Crippen LogP contribution is 2.38. The third-order valence-electron chi connectivity index (χ3n) is 11.8. The zero-order valence-corrected chi connectivity index (χ0v) is 44.1. The first-order valence-electron chi connectivity index (χ1n) is 26.9. The van der Waals surface area contributed by atoms with E-state index in [9.17, 15) is 19.0 Å². The number of phosphoric acid groups is 1. The molecule has 1 N–H and O–H groups in total. The minimum Gasteiger partial charge on any atom is -0.756 e. The Morgan fingerprint density at radius 1 is 0.538 bits per heavy atom. The molecule has 0 radical (unpaired) electrons. The van der Waals surface area contributed by atoms with Gasteiger partial charge in [0.1, 0.15) is 19.3 Å². The lowest BCUT2D eigenvalue weighted by molar-refractivity contribution is -0.870. The maximum Gasteiger partial charge on any atom is 0.306 e. The van der Waals surface area contributed by atoms with Crippen molar-refractivity contribution in [2.24, 2.45) is 0 Å². The summed E-state index contributed by atoms with van der Waals surface area (Å²) in [6.45, 7) is 6.77. The number of unbranched alkanes of at least 4 members (excludes halogenated alkanes) is 26. The van der Waals surface area contributed by atoms with Gasteiger partial charge < -0.3 is 28.5 Å². The number of esters is 1. The fourth-order valence-corrected chi connectivity index (χ4v) is 8.25. The van der Waals surface area contributed by atoms with Crippen LogP contribution in [0.3, 0.4) is 0 Å². The van der Waals surface area contributed by atoms with Crippen molar-refractivity contribution in [3.8, 4) is 0 Å². The smallest absolute Gasteiger partial charge is 0.306 e. The SMILES string of the molecule is CCCCC/C=C\C/C=C\C/C=C\CCCCCCC(=O)OC(/C=C/CCCCCCCCCCC)C(COP(=O)([O-])OCC[N+](C)(C)C)NC(=O)CCCCCCCCCCCCC. The van der Waals surface area contributed by atoms with Crippen molar-refractivity contribution < 1.29 is 37.3 Å². The van der Waals surface area contributed by atoms with E-state index >= 15 is 0 Å². The summed E-state index contributed by atoms with van der Waals surface area (Å²) in [6, 6.07) is -0.892. The van der Waals surface area contributed by atoms with Crippen molar-refractivity contribution in [1.82, 2.24) is 5.32 Å². The van der Waals surface area contributed by atoms with Gasteiger partial charge in [-0.2, -0.15) is 0 Å². The number of amides is 1. The van der Waals surface area contributed by atoms with Crippen LogP contribution in [0.15, 0.2) is 48.6 Å². The molecule has 0 spiro atoms. The third-order valence-corrected chi connectivity index (χ3v) is 12.7. The second-order valence-corrected chi connectivity index (χ2v) is 20.8. The van der Waals surface area contributed by atoms with Gasteiger partial charge in [-0.15, -0.1) is 0 Å². The lowest BCUT2D eigenvalue weighted by Crippen LogP contribution is -2.47. The number of likely N-dealkylation sites (N-methyl/N-ethyl adjacent to an activating group) is 1. The minimum absolute atomic E-state index is 0.0256. The molecule has 0 rings (SSSR count). The average molecular weight is 935 g/mol. The second kappa shape index (κ2) is 45.7. The molecule has 0 aromatic heterocycles. The quantitative estimate of drug-likeness (QED) is 0.0212. The van der Waals surface area contributed by atoms with Gasteiger partial charge in [-0.25, -0.2) is 0 Å². The fourth-order valence-electron chi connectivity index (χ4n) is 7.53. The molecular formula is C55H103N2O7P. The van der Waals surface area contributed by atoms with Gasteiger partial charge in [0.25, 0.3) is 7.82 Å². The summed E-state index contributed by atoms with van der Waals surface area (Å²) in [5.74, 6) is -0.565. The van der Waals surface area contributed by atoms with Crippen molar-refractivity contribution in [2.45, 2.75) is 251 Å². The van der Waals surface area contributed by atoms with Crippen LogP contribution in [0.2, 0.25) is 0 Å². The lowest BCUT2D eigenvalue weighted by Gasteiger charge is -2.30. The number of ether oxygens (including phenoxy) is 1. The van der Waals surface area contributed by atoms with Crippen LogP contribution in [0, 0.1) is 0 Å². The van der Waals surface area contributed by atoms with E-state index < -0.39 is 26.6 Å². The summed E-state index contributed by atoms with van der Waals surface area (Å²) < 4.78 is 30.1. The molecule has 0 aliphatic carbocycles. The van der Waals surface area contributed by atoms with E-state index in [1.54, 1.807) is 0 Å². The zero-order chi connectivity index (χ0) is 48.0. The van der Waals surface area contributed by atoms with Crippen molar-refractivity contribution in [1.29, 1.82) is 0 Å². The van der Waals surface area contributed by atoms with Gasteiger partial charge >= 0.3 is 5.97 Å². The number of carbonyl (C=O) groups is 2. The van der Waals surface area contributed by atoms with E-state index in [0.717, 1.165) is 77.0 Å². The van der Waals surface area contributed by atoms with Crippen LogP contribution in [0.1, 0.15) is 239 Å². The van der Waals surface area contributed by atoms with Crippen molar-refractivity contribution in [3.05, 3.63) is 48.6 Å². The highest BCUT2D eigenvalue weighted by molar-refractivity contribution is 7.45. The van der Waals surface area contributed by atoms with Crippen LogP contribution >= 0.6 is 7.82 Å². The number of phosphoric ester groups is 1. The molecule has 0 aliphatic rings. The van der Waals surface area contributed by atoms with Crippen molar-refractivity contribution in [2.75, 3.05) is 40.9 Å². The van der Waals surface area contributed by atoms with Gasteiger partial charge in [0.05, 0.1) is 33.8 Å². The van der Waals surface area contributed by atoms with Crippen LogP contribution < -0.4 is 10.2 Å². The van der Waals surface area contributed by atoms with Crippen LogP contribution in [-0.4, -0.2) is 69.4 Å². The molecule has 0 heterocycles. The number of quaternary nitrogens is 1. The van der Waals surface area contributed by atoms with E-state index in [2.05, 4.69) is 62.5 Å². The first-order chi connectivity index (χ1) is 31.4. The van der Waals surface area contributed by atoms with E-state index in [1.807, 2.05) is 33.3 Å². The molecule has 0 bridgehead atoms. The van der Waals surface area contributed by atoms with Crippen LogP contribution in [0.4, 0.5) is 0 Å². The normalized spacial score (nSPS) is 14.3. The molecular weight excluding hydrogens is 832 g/mol. The summed E-state index contributed by atoms with van der Waals surface area (Å²) in [6.07, 6.45) is 53.6. The summed E-state index contributed by atoms with van der Waals surface area (Å²) in [7, 11) is 1.17. The minimum atomic E-state index is -4.69. The van der Waals surface area contributed by atoms with E-state index in [-0.39, 0.29) is 24.9 Å². The summed E-state index contributed by atoms with van der Waals surface area (Å²) in [4.78, 5) is 39.7. The molecule has 0 saturated carbocycles. The van der Waals surface area contributed by atoms with Crippen molar-refractivity contribution in [3.63, 3.8) is 0 Å². The largest absolute Gasteiger partial charge is 0.756 e. The second-order valence-electron chi connectivity index (χ2n) is 19.4. The summed E-state index contributed by atoms with van der Waals surface area (Å²) >= 11 is 0. The number of allylic oxidation sites excluding steroid dienone is 7. The molecule has 0 aromatic rings. The molecule has 9 nitrogen and oxygen atoms in total. The highest BCUT2D eigenvalue weighted by Gasteiger charge is 2.27. The number of nitrogens with zero attached hydrogens (tertiary/aromatic N) is 1. The summed E-state index contributed by atoms with van der Waals surface area (Å²) in [5.41, 5.74) is 0. The molecule has 10 heteroatoms. The Morgan fingerprint density at radius 3 is 1.43 bits per heavy atom. The fraction of sp³-hybridized carbons (Fsp3) is 0.818. The van der Waals surface area contributed by atoms with Gasteiger partial charge in [0.15, 0.2) is 0 Å². The Balaban J connectivity index is 5.40. The van der Waals surface area contributed by atoms with E-state index in [0.29, 0.717) is 23.9 Å². The van der Waals surface area contributed by atoms with Gasteiger partial charge in [0.2, 0.25) is 5.91 Å². The first kappa shape index (κ1) is 63.0. The standard InChI is InChI=1S/C55H103N2O7P/c1-7-10-13-16-19-22-25-26-27-28-29-30-33-36-39-42-45-48-55(59)64-53(46-43-40-37-34-31-23-20-17-14-11-8-2)52(51-63-65(60,61)62-50-49-57(4,5)6)56-54(58)47-44-41-38-35-32-24-21-18-15-12-9-3/h19,22,26-27,29-30,43,46,52-53H,7-18,20-21,23-25,28,31-42,44-45,47-51H2,1-6H3,(H-,56,58,60,61)/b22-19-,27-26-,30-29-,46-43+. The van der Waals surface area contributed by atoms with Crippen LogP contribution in [0.25, 0.3) is 0 Å². The number of hydrogen-bond acceptors (Lipinski definition) is 7. The molecule has 0 aliphatic heterocycles. The maximum absolute atomic E-state index is 13.4. The monoisotopic (exact) mass is 935 g/mol. The number of hydrogen-bond donors (Lipinski definition) is 1. The highest BCUT2D eigenvalue weighted by atomic mass is 31.2. The third kappa shape index (κ3) is 46.9. The molecule has 380 valence electrons. The molecule has 0 aromatic carbocycles. The van der Waals surface area contributed by atoms with Gasteiger partial charge in [-0.1, -0.05) is 205 Å². The first-order valence-corrected chi connectivity index (χ1v) is 28.4. The van der Waals surface area contributed by atoms with Gasteiger partial charge in [0, 0.05) is 12.8 Å². The van der Waals surface area contributed by atoms with Gasteiger partial charge in [-0.3, -0.25) is 14.2 Å². The zero-order valence-electron chi connectivity index (χ0n) is 43.2. The average Bonchev–Trinajstić information content (AvgIpc) is 3.26. The Morgan fingerprint density at radius 2 is 0.938 bits per heavy atom. The molecule has 1 amide bonds. The molecule has 0 fully saturated rings. The number of carbonyl (C=O) groups excluding carboxylic acids is 2. The van der Waals surface area contributed by atoms with Crippen LogP contribution in [-0.2, 0) is 27.9 Å². The summed E-state index contributed by atoms with van der Waals surface area (Å²) in [5, 5.41) is 3.00. The lowest BCUT2D eigenvalue weighted by atomic mass is 10.0. The Bertz CT molecular complexity index is 1260. The van der Waals surface area contributed by atoms with E-state index in [4.69, 9.17) is 13.8 Å². The Labute approximate surface area is 401 Å².